The number of amides is 1. The summed E-state index contributed by atoms with van der Waals surface area (Å²) in [6, 6.07) is 15.9. The maximum atomic E-state index is 12.2. The zero-order chi connectivity index (χ0) is 17.4. The first-order valence-corrected chi connectivity index (χ1v) is 9.30. The average molecular weight is 437 g/mol. The molecule has 0 saturated heterocycles. The second-order valence-electron chi connectivity index (χ2n) is 5.50. The number of nitrogens with one attached hydrogen (secondary N) is 2. The minimum Gasteiger partial charge on any atom is -0.376 e. The molecule has 0 saturated carbocycles. The molecule has 0 bridgehead atoms. The molecule has 2 N–H and O–H groups in total. The van der Waals surface area contributed by atoms with Crippen LogP contribution >= 0.6 is 22.6 Å². The summed E-state index contributed by atoms with van der Waals surface area (Å²) in [5.74, 6) is -0.0447. The molecule has 0 atom stereocenters. The van der Waals surface area contributed by atoms with Gasteiger partial charge in [0.1, 0.15) is 0 Å². The molecule has 0 aliphatic heterocycles. The number of hydrogen-bond donors (Lipinski definition) is 2. The van der Waals surface area contributed by atoms with E-state index in [1.54, 1.807) is 0 Å². The summed E-state index contributed by atoms with van der Waals surface area (Å²) in [7, 11) is 0. The van der Waals surface area contributed by atoms with Gasteiger partial charge in [0.15, 0.2) is 0 Å². The SMILES string of the molecule is CCN(CC)Cc1ccccc1NCC(=O)Nc1ccccc1I. The van der Waals surface area contributed by atoms with Crippen molar-refractivity contribution in [2.75, 3.05) is 30.3 Å². The van der Waals surface area contributed by atoms with Gasteiger partial charge >= 0.3 is 0 Å². The largest absolute Gasteiger partial charge is 0.376 e. The molecule has 128 valence electrons. The fourth-order valence-corrected chi connectivity index (χ4v) is 2.97. The topological polar surface area (TPSA) is 44.4 Å². The predicted octanol–water partition coefficient (Wildman–Crippen LogP) is 4.18. The van der Waals surface area contributed by atoms with Crippen LogP contribution in [0.2, 0.25) is 0 Å². The molecule has 2 rings (SSSR count). The number of rotatable bonds is 8. The van der Waals surface area contributed by atoms with Gasteiger partial charge in [0.2, 0.25) is 5.91 Å². The van der Waals surface area contributed by atoms with Gasteiger partial charge in [-0.1, -0.05) is 44.2 Å². The highest BCUT2D eigenvalue weighted by Crippen LogP contribution is 2.18. The van der Waals surface area contributed by atoms with Gasteiger partial charge in [-0.3, -0.25) is 9.69 Å². The quantitative estimate of drug-likeness (QED) is 0.609. The normalized spacial score (nSPS) is 10.7. The highest BCUT2D eigenvalue weighted by molar-refractivity contribution is 14.1. The van der Waals surface area contributed by atoms with Crippen LogP contribution in [-0.2, 0) is 11.3 Å². The first-order valence-electron chi connectivity index (χ1n) is 8.22. The van der Waals surface area contributed by atoms with Crippen molar-refractivity contribution in [1.82, 2.24) is 4.90 Å². The van der Waals surface area contributed by atoms with E-state index in [9.17, 15) is 4.79 Å². The van der Waals surface area contributed by atoms with Crippen molar-refractivity contribution < 1.29 is 4.79 Å². The van der Waals surface area contributed by atoms with Crippen molar-refractivity contribution in [1.29, 1.82) is 0 Å². The lowest BCUT2D eigenvalue weighted by molar-refractivity contribution is -0.114. The van der Waals surface area contributed by atoms with E-state index < -0.39 is 0 Å². The summed E-state index contributed by atoms with van der Waals surface area (Å²) >= 11 is 2.22. The smallest absolute Gasteiger partial charge is 0.243 e. The van der Waals surface area contributed by atoms with E-state index in [0.717, 1.165) is 34.6 Å². The number of para-hydroxylation sites is 2. The third kappa shape index (κ3) is 5.49. The maximum Gasteiger partial charge on any atom is 0.243 e. The number of anilines is 2. The Balaban J connectivity index is 1.96. The van der Waals surface area contributed by atoms with E-state index in [4.69, 9.17) is 0 Å². The Morgan fingerprint density at radius 1 is 1.00 bits per heavy atom. The van der Waals surface area contributed by atoms with E-state index in [0.29, 0.717) is 0 Å². The van der Waals surface area contributed by atoms with E-state index in [-0.39, 0.29) is 12.5 Å². The first kappa shape index (κ1) is 18.7. The molecule has 24 heavy (non-hydrogen) atoms. The zero-order valence-electron chi connectivity index (χ0n) is 14.2. The summed E-state index contributed by atoms with van der Waals surface area (Å²) < 4.78 is 1.03. The van der Waals surface area contributed by atoms with Crippen LogP contribution in [-0.4, -0.2) is 30.4 Å². The van der Waals surface area contributed by atoms with Crippen LogP contribution in [0, 0.1) is 3.57 Å². The van der Waals surface area contributed by atoms with Gasteiger partial charge in [0.05, 0.1) is 12.2 Å². The maximum absolute atomic E-state index is 12.2. The average Bonchev–Trinajstić information content (AvgIpc) is 2.60. The molecule has 0 aliphatic rings. The van der Waals surface area contributed by atoms with Gasteiger partial charge in [-0.05, 0) is 59.4 Å². The number of carbonyl (C=O) groups excluding carboxylic acids is 1. The monoisotopic (exact) mass is 437 g/mol. The molecule has 0 fully saturated rings. The van der Waals surface area contributed by atoms with Crippen molar-refractivity contribution in [3.8, 4) is 0 Å². The van der Waals surface area contributed by atoms with Gasteiger partial charge in [-0.25, -0.2) is 0 Å². The predicted molar refractivity (Wildman–Crippen MR) is 109 cm³/mol. The summed E-state index contributed by atoms with van der Waals surface area (Å²) in [5, 5.41) is 6.21. The molecule has 2 aromatic carbocycles. The third-order valence-electron chi connectivity index (χ3n) is 3.89. The minimum absolute atomic E-state index is 0.0447. The third-order valence-corrected chi connectivity index (χ3v) is 4.83. The molecule has 0 unspecified atom stereocenters. The van der Waals surface area contributed by atoms with Crippen LogP contribution in [0.25, 0.3) is 0 Å². The Morgan fingerprint density at radius 3 is 2.29 bits per heavy atom. The highest BCUT2D eigenvalue weighted by Gasteiger charge is 2.08. The number of halogens is 1. The fourth-order valence-electron chi connectivity index (χ4n) is 2.45. The highest BCUT2D eigenvalue weighted by atomic mass is 127. The van der Waals surface area contributed by atoms with Crippen molar-refractivity contribution in [2.45, 2.75) is 20.4 Å². The molecule has 5 heteroatoms. The first-order chi connectivity index (χ1) is 11.6. The molecule has 0 heterocycles. The van der Waals surface area contributed by atoms with Crippen LogP contribution in [0.1, 0.15) is 19.4 Å². The molecule has 4 nitrogen and oxygen atoms in total. The summed E-state index contributed by atoms with van der Waals surface area (Å²) in [6.07, 6.45) is 0. The van der Waals surface area contributed by atoms with Crippen molar-refractivity contribution >= 4 is 39.9 Å². The Hall–Kier alpha value is -1.60. The van der Waals surface area contributed by atoms with Gasteiger partial charge in [0, 0.05) is 15.8 Å². The van der Waals surface area contributed by atoms with E-state index in [2.05, 4.69) is 58.0 Å². The van der Waals surface area contributed by atoms with Gasteiger partial charge in [-0.2, -0.15) is 0 Å². The molecule has 0 radical (unpaired) electrons. The Bertz CT molecular complexity index is 671. The lowest BCUT2D eigenvalue weighted by Crippen LogP contribution is -2.25. The van der Waals surface area contributed by atoms with Gasteiger partial charge in [-0.15, -0.1) is 0 Å². The molecular formula is C19H24IN3O. The van der Waals surface area contributed by atoms with E-state index >= 15 is 0 Å². The second kappa shape index (κ2) is 9.64. The lowest BCUT2D eigenvalue weighted by Gasteiger charge is -2.20. The van der Waals surface area contributed by atoms with Crippen molar-refractivity contribution in [3.05, 3.63) is 57.7 Å². The zero-order valence-corrected chi connectivity index (χ0v) is 16.3. The van der Waals surface area contributed by atoms with Crippen LogP contribution < -0.4 is 10.6 Å². The Morgan fingerprint density at radius 2 is 1.62 bits per heavy atom. The number of hydrogen-bond acceptors (Lipinski definition) is 3. The molecule has 0 spiro atoms. The second-order valence-corrected chi connectivity index (χ2v) is 6.66. The fraction of sp³-hybridized carbons (Fsp3) is 0.316. The molecule has 2 aromatic rings. The Kier molecular flexibility index (Phi) is 7.52. The number of carbonyl (C=O) groups is 1. The Labute approximate surface area is 157 Å². The van der Waals surface area contributed by atoms with Crippen LogP contribution in [0.4, 0.5) is 11.4 Å². The molecule has 1 amide bonds. The summed E-state index contributed by atoms with van der Waals surface area (Å²) in [4.78, 5) is 14.6. The molecule has 0 aliphatic carbocycles. The van der Waals surface area contributed by atoms with E-state index in [1.165, 1.54) is 5.56 Å². The molecular weight excluding hydrogens is 413 g/mol. The standard InChI is InChI=1S/C19H24IN3O/c1-3-23(4-2)14-15-9-5-7-11-17(15)21-13-19(24)22-18-12-8-6-10-16(18)20/h5-12,21H,3-4,13-14H2,1-2H3,(H,22,24). The summed E-state index contributed by atoms with van der Waals surface area (Å²) in [6.45, 7) is 7.48. The number of nitrogens with zero attached hydrogens (tertiary/aromatic N) is 1. The minimum atomic E-state index is -0.0447. The van der Waals surface area contributed by atoms with E-state index in [1.807, 2.05) is 42.5 Å². The van der Waals surface area contributed by atoms with Gasteiger partial charge in [0.25, 0.3) is 0 Å². The summed E-state index contributed by atoms with van der Waals surface area (Å²) in [5.41, 5.74) is 3.08. The van der Waals surface area contributed by atoms with Crippen molar-refractivity contribution in [3.63, 3.8) is 0 Å². The van der Waals surface area contributed by atoms with Crippen LogP contribution in [0.5, 0.6) is 0 Å². The molecule has 0 aromatic heterocycles. The van der Waals surface area contributed by atoms with Gasteiger partial charge < -0.3 is 10.6 Å². The van der Waals surface area contributed by atoms with Crippen LogP contribution in [0.3, 0.4) is 0 Å². The number of benzene rings is 2. The van der Waals surface area contributed by atoms with Crippen LogP contribution in [0.15, 0.2) is 48.5 Å². The lowest BCUT2D eigenvalue weighted by atomic mass is 10.1. The van der Waals surface area contributed by atoms with Crippen molar-refractivity contribution in [2.24, 2.45) is 0 Å².